The first-order chi connectivity index (χ1) is 21.7. The van der Waals surface area contributed by atoms with Crippen LogP contribution < -0.4 is 19.1 Å². The quantitative estimate of drug-likeness (QED) is 0.0610. The van der Waals surface area contributed by atoms with Gasteiger partial charge in [0.05, 0.1) is 30.5 Å². The molecule has 0 unspecified atom stereocenters. The second-order valence-corrected chi connectivity index (χ2v) is 11.7. The third-order valence-corrected chi connectivity index (χ3v) is 8.60. The van der Waals surface area contributed by atoms with E-state index < -0.39 is 23.7 Å². The number of Topliss-reactive ketones (excluding diaryl/α,β-unsaturated/α-hetero) is 1. The van der Waals surface area contributed by atoms with Crippen molar-refractivity contribution in [1.29, 1.82) is 0 Å². The van der Waals surface area contributed by atoms with Gasteiger partial charge in [0.15, 0.2) is 16.6 Å². The van der Waals surface area contributed by atoms with Gasteiger partial charge in [0, 0.05) is 12.0 Å². The normalized spacial score (nSPS) is 18.4. The number of carbonyl (C=O) groups is 3. The summed E-state index contributed by atoms with van der Waals surface area (Å²) in [5.74, 6) is -1.05. The van der Waals surface area contributed by atoms with Crippen molar-refractivity contribution in [3.63, 3.8) is 0 Å². The lowest BCUT2D eigenvalue weighted by Gasteiger charge is -2.24. The zero-order valence-corrected chi connectivity index (χ0v) is 26.6. The van der Waals surface area contributed by atoms with Crippen molar-refractivity contribution >= 4 is 39.9 Å². The molecule has 2 atom stereocenters. The number of anilines is 1. The summed E-state index contributed by atoms with van der Waals surface area (Å²) < 4.78 is 22.9. The Labute approximate surface area is 265 Å². The number of rotatable bonds is 12. The maximum absolute atomic E-state index is 13.8. The number of carbonyl (C=O) groups excluding carboxylic acids is 3. The number of esters is 1. The van der Waals surface area contributed by atoms with Gasteiger partial charge in [-0.25, -0.2) is 9.78 Å². The number of amides is 1. The van der Waals surface area contributed by atoms with Gasteiger partial charge in [-0.2, -0.15) is 0 Å². The lowest BCUT2D eigenvalue weighted by atomic mass is 9.94. The van der Waals surface area contributed by atoms with Gasteiger partial charge in [0.1, 0.15) is 29.1 Å². The number of ketones is 1. The summed E-state index contributed by atoms with van der Waals surface area (Å²) in [4.78, 5) is 46.2. The Morgan fingerprint density at radius 1 is 1.18 bits per heavy atom. The molecule has 0 saturated carbocycles. The van der Waals surface area contributed by atoms with E-state index in [1.807, 2.05) is 13.8 Å². The van der Waals surface area contributed by atoms with E-state index in [9.17, 15) is 19.5 Å². The highest BCUT2D eigenvalue weighted by Crippen LogP contribution is 2.46. The molecule has 2 aliphatic rings. The molecule has 0 aliphatic carbocycles. The average Bonchev–Trinajstić information content (AvgIpc) is 3.67. The van der Waals surface area contributed by atoms with Gasteiger partial charge in [-0.1, -0.05) is 43.4 Å². The molecule has 0 bridgehead atoms. The number of hydrogen-bond donors (Lipinski definition) is 1. The molecule has 1 N–H and O–H groups in total. The highest BCUT2D eigenvalue weighted by Gasteiger charge is 2.49. The average molecular weight is 633 g/mol. The van der Waals surface area contributed by atoms with Crippen LogP contribution in [0.2, 0.25) is 0 Å². The third-order valence-electron chi connectivity index (χ3n) is 7.46. The maximum Gasteiger partial charge on any atom is 0.350 e. The van der Waals surface area contributed by atoms with E-state index in [4.69, 9.17) is 18.9 Å². The van der Waals surface area contributed by atoms with Crippen molar-refractivity contribution < 1.29 is 38.4 Å². The molecule has 11 heteroatoms. The smallest absolute Gasteiger partial charge is 0.350 e. The largest absolute Gasteiger partial charge is 0.507 e. The van der Waals surface area contributed by atoms with Crippen molar-refractivity contribution in [2.45, 2.75) is 59.1 Å². The second-order valence-electron chi connectivity index (χ2n) is 10.8. The number of ether oxygens (including phenoxy) is 4. The number of fused-ring (bicyclic) bond motifs is 1. The number of hydrogen-bond acceptors (Lipinski definition) is 10. The van der Waals surface area contributed by atoms with Crippen LogP contribution in [0.4, 0.5) is 5.13 Å². The first-order valence-electron chi connectivity index (χ1n) is 14.9. The number of benzene rings is 2. The van der Waals surface area contributed by atoms with Gasteiger partial charge in [-0.05, 0) is 68.7 Å². The SMILES string of the molecule is C=CCOC(=O)c1sc(N2C(=O)C(=O)C(=C(O)c3ccc4c(c3)C[C@@H](C)O4)[C@H]2c2ccc(OCCCC)c(OCC)c2)nc1C. The molecule has 2 aromatic carbocycles. The number of thiazole rings is 1. The van der Waals surface area contributed by atoms with Crippen LogP contribution >= 0.6 is 11.3 Å². The molecule has 1 amide bonds. The predicted molar refractivity (Wildman–Crippen MR) is 170 cm³/mol. The minimum absolute atomic E-state index is 0.00744. The first kappa shape index (κ1) is 31.8. The number of unbranched alkanes of at least 4 members (excludes halogenated alkanes) is 1. The Balaban J connectivity index is 1.66. The van der Waals surface area contributed by atoms with Gasteiger partial charge in [0.25, 0.3) is 5.78 Å². The van der Waals surface area contributed by atoms with Gasteiger partial charge >= 0.3 is 11.9 Å². The molecule has 0 spiro atoms. The second kappa shape index (κ2) is 13.6. The van der Waals surface area contributed by atoms with E-state index in [2.05, 4.69) is 18.5 Å². The molecule has 0 radical (unpaired) electrons. The van der Waals surface area contributed by atoms with E-state index in [0.717, 1.165) is 29.7 Å². The summed E-state index contributed by atoms with van der Waals surface area (Å²) in [5, 5.41) is 11.8. The highest BCUT2D eigenvalue weighted by molar-refractivity contribution is 7.17. The van der Waals surface area contributed by atoms with Crippen LogP contribution in [-0.2, 0) is 20.7 Å². The van der Waals surface area contributed by atoms with E-state index in [1.54, 1.807) is 43.3 Å². The molecular formula is C34H36N2O8S. The highest BCUT2D eigenvalue weighted by atomic mass is 32.1. The number of aromatic nitrogens is 1. The zero-order valence-electron chi connectivity index (χ0n) is 25.8. The molecule has 1 aromatic heterocycles. The molecule has 1 saturated heterocycles. The Morgan fingerprint density at radius 2 is 1.98 bits per heavy atom. The van der Waals surface area contributed by atoms with Crippen molar-refractivity contribution in [1.82, 2.24) is 4.98 Å². The molecule has 3 aromatic rings. The van der Waals surface area contributed by atoms with Gasteiger partial charge in [-0.15, -0.1) is 0 Å². The van der Waals surface area contributed by atoms with Crippen molar-refractivity contribution in [2.75, 3.05) is 24.7 Å². The molecular weight excluding hydrogens is 596 g/mol. The lowest BCUT2D eigenvalue weighted by Crippen LogP contribution is -2.29. The van der Waals surface area contributed by atoms with Crippen molar-refractivity contribution in [3.05, 3.63) is 81.9 Å². The summed E-state index contributed by atoms with van der Waals surface area (Å²) in [6.45, 7) is 11.9. The molecule has 236 valence electrons. The molecule has 1 fully saturated rings. The molecule has 10 nitrogen and oxygen atoms in total. The predicted octanol–water partition coefficient (Wildman–Crippen LogP) is 6.32. The van der Waals surface area contributed by atoms with E-state index in [1.165, 1.54) is 11.0 Å². The number of aliphatic hydroxyl groups is 1. The topological polar surface area (TPSA) is 124 Å². The number of nitrogens with zero attached hydrogens (tertiary/aromatic N) is 2. The third kappa shape index (κ3) is 6.30. The van der Waals surface area contributed by atoms with Crippen LogP contribution in [0, 0.1) is 6.92 Å². The summed E-state index contributed by atoms with van der Waals surface area (Å²) in [5.41, 5.74) is 1.99. The Hall–Kier alpha value is -4.64. The fraction of sp³-hybridized carbons (Fsp3) is 0.353. The lowest BCUT2D eigenvalue weighted by molar-refractivity contribution is -0.132. The first-order valence-corrected chi connectivity index (χ1v) is 15.8. The van der Waals surface area contributed by atoms with Gasteiger partial charge in [-0.3, -0.25) is 14.5 Å². The van der Waals surface area contributed by atoms with E-state index >= 15 is 0 Å². The van der Waals surface area contributed by atoms with Gasteiger partial charge in [0.2, 0.25) is 0 Å². The number of aliphatic hydroxyl groups excluding tert-OH is 1. The fourth-order valence-electron chi connectivity index (χ4n) is 5.35. The molecule has 2 aliphatic heterocycles. The van der Waals surface area contributed by atoms with Crippen LogP contribution in [0.5, 0.6) is 17.2 Å². The minimum Gasteiger partial charge on any atom is -0.507 e. The maximum atomic E-state index is 13.8. The summed E-state index contributed by atoms with van der Waals surface area (Å²) in [6, 6.07) is 9.28. The van der Waals surface area contributed by atoms with Crippen LogP contribution in [-0.4, -0.2) is 53.7 Å². The standard InChI is InChI=1S/C34H36N2O8S/c1-6-9-15-42-25-13-10-21(18-26(25)41-8-3)28-27(29(37)22-11-12-24-23(17-22)16-19(4)44-24)30(38)32(39)36(28)34-35-20(5)31(45-34)33(40)43-14-7-2/h7,10-13,17-19,28,37H,2,6,8-9,14-16H2,1,3-5H3/t19-,28-/m1/s1. The van der Waals surface area contributed by atoms with Crippen LogP contribution in [0.15, 0.2) is 54.6 Å². The fourth-order valence-corrected chi connectivity index (χ4v) is 6.34. The van der Waals surface area contributed by atoms with E-state index in [-0.39, 0.29) is 34.1 Å². The molecule has 3 heterocycles. The van der Waals surface area contributed by atoms with E-state index in [0.29, 0.717) is 53.7 Å². The Morgan fingerprint density at radius 3 is 2.71 bits per heavy atom. The van der Waals surface area contributed by atoms with Crippen molar-refractivity contribution in [3.8, 4) is 17.2 Å². The van der Waals surface area contributed by atoms with Gasteiger partial charge < -0.3 is 24.1 Å². The Bertz CT molecular complexity index is 1680. The van der Waals surface area contributed by atoms with Crippen LogP contribution in [0.25, 0.3) is 5.76 Å². The van der Waals surface area contributed by atoms with Crippen molar-refractivity contribution in [2.24, 2.45) is 0 Å². The van der Waals surface area contributed by atoms with Crippen LogP contribution in [0.3, 0.4) is 0 Å². The number of aryl methyl sites for hydroxylation is 1. The molecule has 45 heavy (non-hydrogen) atoms. The summed E-state index contributed by atoms with van der Waals surface area (Å²) >= 11 is 0.933. The summed E-state index contributed by atoms with van der Waals surface area (Å²) in [6.07, 6.45) is 3.90. The monoisotopic (exact) mass is 632 g/mol. The summed E-state index contributed by atoms with van der Waals surface area (Å²) in [7, 11) is 0. The molecule has 5 rings (SSSR count). The Kier molecular flexibility index (Phi) is 9.57. The van der Waals surface area contributed by atoms with Crippen LogP contribution in [0.1, 0.15) is 71.7 Å². The zero-order chi connectivity index (χ0) is 32.2. The minimum atomic E-state index is -1.08.